The Balaban J connectivity index is 1.50. The van der Waals surface area contributed by atoms with E-state index in [1.165, 1.54) is 35.2 Å². The van der Waals surface area contributed by atoms with Crippen LogP contribution in [0.15, 0.2) is 71.5 Å². The van der Waals surface area contributed by atoms with E-state index in [2.05, 4.69) is 22.5 Å². The van der Waals surface area contributed by atoms with Crippen LogP contribution >= 0.6 is 0 Å². The van der Waals surface area contributed by atoms with Gasteiger partial charge in [0.15, 0.2) is 0 Å². The van der Waals surface area contributed by atoms with Crippen LogP contribution in [0.4, 0.5) is 0 Å². The van der Waals surface area contributed by atoms with E-state index in [0.717, 1.165) is 5.56 Å². The van der Waals surface area contributed by atoms with Gasteiger partial charge in [0, 0.05) is 12.6 Å². The van der Waals surface area contributed by atoms with Gasteiger partial charge in [-0.15, -0.1) is 0 Å². The molecule has 1 aliphatic rings. The molecule has 0 spiro atoms. The van der Waals surface area contributed by atoms with Gasteiger partial charge >= 0.3 is 0 Å². The Bertz CT molecular complexity index is 991. The van der Waals surface area contributed by atoms with E-state index in [0.29, 0.717) is 18.2 Å². The fraction of sp³-hybridized carbons (Fsp3) is 0.190. The number of nitrogens with one attached hydrogen (secondary N) is 1. The Kier molecular flexibility index (Phi) is 4.35. The van der Waals surface area contributed by atoms with Gasteiger partial charge in [-0.1, -0.05) is 42.5 Å². The highest BCUT2D eigenvalue weighted by atomic mass is 16.2. The zero-order chi connectivity index (χ0) is 17.9. The van der Waals surface area contributed by atoms with Gasteiger partial charge < -0.3 is 5.32 Å². The summed E-state index contributed by atoms with van der Waals surface area (Å²) in [5.74, 6) is 0.383. The topological polar surface area (TPSA) is 64.0 Å². The molecule has 0 bridgehead atoms. The maximum Gasteiger partial charge on any atom is 0.272 e. The summed E-state index contributed by atoms with van der Waals surface area (Å²) in [6.45, 7) is 0.436. The molecule has 5 nitrogen and oxygen atoms in total. The number of carbonyl (C=O) groups excluding carboxylic acids is 1. The SMILES string of the molecule is O=C(NCc1cccc(C2CC2)c1)c1ccc(=O)n(-c2ccccc2)n1. The van der Waals surface area contributed by atoms with Gasteiger partial charge in [0.25, 0.3) is 11.5 Å². The molecule has 26 heavy (non-hydrogen) atoms. The summed E-state index contributed by atoms with van der Waals surface area (Å²) in [5, 5.41) is 7.09. The summed E-state index contributed by atoms with van der Waals surface area (Å²) in [7, 11) is 0. The molecule has 1 aliphatic carbocycles. The van der Waals surface area contributed by atoms with Crippen molar-refractivity contribution >= 4 is 5.91 Å². The van der Waals surface area contributed by atoms with Crippen molar-refractivity contribution in [3.8, 4) is 5.69 Å². The molecule has 0 saturated heterocycles. The smallest absolute Gasteiger partial charge is 0.272 e. The molecule has 130 valence electrons. The number of hydrogen-bond donors (Lipinski definition) is 1. The van der Waals surface area contributed by atoms with Gasteiger partial charge in [0.1, 0.15) is 5.69 Å². The van der Waals surface area contributed by atoms with E-state index in [4.69, 9.17) is 0 Å². The van der Waals surface area contributed by atoms with Crippen molar-refractivity contribution in [1.29, 1.82) is 0 Å². The molecule has 0 aliphatic heterocycles. The minimum Gasteiger partial charge on any atom is -0.347 e. The van der Waals surface area contributed by atoms with Crippen molar-refractivity contribution in [2.45, 2.75) is 25.3 Å². The summed E-state index contributed by atoms with van der Waals surface area (Å²) in [4.78, 5) is 24.5. The molecular weight excluding hydrogens is 326 g/mol. The largest absolute Gasteiger partial charge is 0.347 e. The number of hydrogen-bond acceptors (Lipinski definition) is 3. The number of para-hydroxylation sites is 1. The van der Waals surface area contributed by atoms with Crippen molar-refractivity contribution in [3.63, 3.8) is 0 Å². The quantitative estimate of drug-likeness (QED) is 0.773. The summed E-state index contributed by atoms with van der Waals surface area (Å²) < 4.78 is 1.24. The van der Waals surface area contributed by atoms with Crippen LogP contribution in [-0.4, -0.2) is 15.7 Å². The predicted molar refractivity (Wildman–Crippen MR) is 99.4 cm³/mol. The molecular formula is C21H19N3O2. The number of nitrogens with zero attached hydrogens (tertiary/aromatic N) is 2. The standard InChI is InChI=1S/C21H19N3O2/c25-20-12-11-19(23-24(20)18-7-2-1-3-8-18)21(26)22-14-15-5-4-6-17(13-15)16-9-10-16/h1-8,11-13,16H,9-10,14H2,(H,22,26). The molecule has 3 aromatic rings. The highest BCUT2D eigenvalue weighted by molar-refractivity contribution is 5.92. The average Bonchev–Trinajstić information content (AvgIpc) is 3.53. The first-order valence-electron chi connectivity index (χ1n) is 8.73. The number of carbonyl (C=O) groups is 1. The Labute approximate surface area is 151 Å². The van der Waals surface area contributed by atoms with Crippen molar-refractivity contribution in [2.75, 3.05) is 0 Å². The van der Waals surface area contributed by atoms with E-state index in [-0.39, 0.29) is 17.2 Å². The monoisotopic (exact) mass is 345 g/mol. The van der Waals surface area contributed by atoms with E-state index in [9.17, 15) is 9.59 Å². The lowest BCUT2D eigenvalue weighted by molar-refractivity contribution is 0.0944. The van der Waals surface area contributed by atoms with Crippen LogP contribution in [0.3, 0.4) is 0 Å². The predicted octanol–water partition coefficient (Wildman–Crippen LogP) is 3.04. The second kappa shape index (κ2) is 6.96. The van der Waals surface area contributed by atoms with E-state index in [1.54, 1.807) is 12.1 Å². The Morgan fingerprint density at radius 3 is 2.62 bits per heavy atom. The maximum absolute atomic E-state index is 12.5. The molecule has 1 heterocycles. The third-order valence-corrected chi connectivity index (χ3v) is 4.49. The lowest BCUT2D eigenvalue weighted by Crippen LogP contribution is -2.28. The van der Waals surface area contributed by atoms with Gasteiger partial charge in [-0.3, -0.25) is 9.59 Å². The highest BCUT2D eigenvalue weighted by Crippen LogP contribution is 2.40. The van der Waals surface area contributed by atoms with Crippen LogP contribution in [-0.2, 0) is 6.54 Å². The van der Waals surface area contributed by atoms with Crippen molar-refractivity contribution < 1.29 is 4.79 Å². The third kappa shape index (κ3) is 3.57. The lowest BCUT2D eigenvalue weighted by Gasteiger charge is -2.09. The third-order valence-electron chi connectivity index (χ3n) is 4.49. The van der Waals surface area contributed by atoms with Crippen molar-refractivity contribution in [3.05, 3.63) is 93.9 Å². The van der Waals surface area contributed by atoms with Crippen molar-refractivity contribution in [1.82, 2.24) is 15.1 Å². The second-order valence-corrected chi connectivity index (χ2v) is 6.51. The van der Waals surface area contributed by atoms with Gasteiger partial charge in [-0.25, -0.2) is 0 Å². The highest BCUT2D eigenvalue weighted by Gasteiger charge is 2.23. The minimum atomic E-state index is -0.300. The lowest BCUT2D eigenvalue weighted by atomic mass is 10.1. The first kappa shape index (κ1) is 16.3. The maximum atomic E-state index is 12.5. The van der Waals surface area contributed by atoms with Crippen LogP contribution in [0, 0.1) is 0 Å². The molecule has 2 aromatic carbocycles. The first-order chi connectivity index (χ1) is 12.7. The van der Waals surface area contributed by atoms with Crippen molar-refractivity contribution in [2.24, 2.45) is 0 Å². The van der Waals surface area contributed by atoms with Crippen LogP contribution < -0.4 is 10.9 Å². The molecule has 0 unspecified atom stereocenters. The van der Waals surface area contributed by atoms with E-state index < -0.39 is 0 Å². The van der Waals surface area contributed by atoms with Gasteiger partial charge in [0.05, 0.1) is 5.69 Å². The first-order valence-corrected chi connectivity index (χ1v) is 8.73. The summed E-state index contributed by atoms with van der Waals surface area (Å²) in [5.41, 5.74) is 2.98. The molecule has 4 rings (SSSR count). The second-order valence-electron chi connectivity index (χ2n) is 6.51. The van der Waals surface area contributed by atoms with Crippen LogP contribution in [0.2, 0.25) is 0 Å². The molecule has 0 atom stereocenters. The zero-order valence-electron chi connectivity index (χ0n) is 14.3. The fourth-order valence-corrected chi connectivity index (χ4v) is 2.93. The van der Waals surface area contributed by atoms with E-state index in [1.807, 2.05) is 30.3 Å². The number of aromatic nitrogens is 2. The molecule has 1 amide bonds. The summed E-state index contributed by atoms with van der Waals surface area (Å²) in [6.07, 6.45) is 2.50. The zero-order valence-corrected chi connectivity index (χ0v) is 14.3. The normalized spacial score (nSPS) is 13.4. The Morgan fingerprint density at radius 1 is 1.04 bits per heavy atom. The molecule has 1 aromatic heterocycles. The Morgan fingerprint density at radius 2 is 1.85 bits per heavy atom. The van der Waals surface area contributed by atoms with Crippen LogP contribution in [0.1, 0.15) is 40.4 Å². The summed E-state index contributed by atoms with van der Waals surface area (Å²) >= 11 is 0. The van der Waals surface area contributed by atoms with Gasteiger partial charge in [-0.05, 0) is 48.1 Å². The van der Waals surface area contributed by atoms with Crippen LogP contribution in [0.5, 0.6) is 0 Å². The Hall–Kier alpha value is -3.21. The molecule has 1 saturated carbocycles. The van der Waals surface area contributed by atoms with Gasteiger partial charge in [0.2, 0.25) is 0 Å². The summed E-state index contributed by atoms with van der Waals surface area (Å²) in [6, 6.07) is 20.2. The average molecular weight is 345 g/mol. The molecule has 0 radical (unpaired) electrons. The minimum absolute atomic E-state index is 0.215. The molecule has 1 fully saturated rings. The number of rotatable bonds is 5. The number of amides is 1. The molecule has 1 N–H and O–H groups in total. The fourth-order valence-electron chi connectivity index (χ4n) is 2.93. The van der Waals surface area contributed by atoms with Crippen LogP contribution in [0.25, 0.3) is 5.69 Å². The van der Waals surface area contributed by atoms with E-state index >= 15 is 0 Å². The molecule has 5 heteroatoms. The van der Waals surface area contributed by atoms with Gasteiger partial charge in [-0.2, -0.15) is 9.78 Å². The number of benzene rings is 2.